The molecule has 0 bridgehead atoms. The largest absolute Gasteiger partial charge is 0.484 e. The number of carboxylic acids is 1. The summed E-state index contributed by atoms with van der Waals surface area (Å²) in [6.45, 7) is 7.61. The van der Waals surface area contributed by atoms with Crippen molar-refractivity contribution < 1.29 is 19.4 Å². The van der Waals surface area contributed by atoms with Gasteiger partial charge in [-0.05, 0) is 45.8 Å². The molecule has 0 saturated carbocycles. The molecule has 0 spiro atoms. The highest BCUT2D eigenvalue weighted by molar-refractivity contribution is 6.46. The number of carboxylic acid groups (broad SMARTS) is 1. The summed E-state index contributed by atoms with van der Waals surface area (Å²) in [6.07, 6.45) is 4.39. The fourth-order valence-corrected chi connectivity index (χ4v) is 4.37. The number of nitrogens with zero attached hydrogens (tertiary/aromatic N) is 1. The number of carbonyl (C=O) groups is 1. The molecular formula is C19H26Cl2N2O4. The van der Waals surface area contributed by atoms with Crippen molar-refractivity contribution in [2.24, 2.45) is 5.92 Å². The van der Waals surface area contributed by atoms with Gasteiger partial charge in [-0.15, -0.1) is 0 Å². The van der Waals surface area contributed by atoms with E-state index in [4.69, 9.17) is 38.4 Å². The SMILES string of the molecule is CCCCN1CCC(C2(C)COc3c(c(N)c(Cl)c(Cl)c3C(=O)O)O2)CC1. The summed E-state index contributed by atoms with van der Waals surface area (Å²) in [5, 5.41) is 9.34. The number of nitrogen functional groups attached to an aromatic ring is 1. The van der Waals surface area contributed by atoms with Crippen molar-refractivity contribution >= 4 is 34.9 Å². The molecule has 1 fully saturated rings. The molecular weight excluding hydrogens is 391 g/mol. The van der Waals surface area contributed by atoms with Crippen LogP contribution in [0.25, 0.3) is 0 Å². The number of ether oxygens (including phenoxy) is 2. The molecule has 1 aromatic rings. The first kappa shape index (κ1) is 20.4. The van der Waals surface area contributed by atoms with Crippen molar-refractivity contribution in [3.05, 3.63) is 15.6 Å². The Kier molecular flexibility index (Phi) is 5.99. The minimum Gasteiger partial charge on any atom is -0.484 e. The summed E-state index contributed by atoms with van der Waals surface area (Å²) in [5.74, 6) is -0.698. The van der Waals surface area contributed by atoms with Gasteiger partial charge in [0.25, 0.3) is 0 Å². The molecule has 8 heteroatoms. The lowest BCUT2D eigenvalue weighted by Gasteiger charge is -2.45. The summed E-state index contributed by atoms with van der Waals surface area (Å²) in [5.41, 5.74) is 5.40. The third-order valence-electron chi connectivity index (χ3n) is 5.66. The lowest BCUT2D eigenvalue weighted by Crippen LogP contribution is -2.52. The van der Waals surface area contributed by atoms with Crippen molar-refractivity contribution in [1.82, 2.24) is 4.90 Å². The maximum Gasteiger partial charge on any atom is 0.341 e. The summed E-state index contributed by atoms with van der Waals surface area (Å²) in [4.78, 5) is 14.1. The Hall–Kier alpha value is -1.37. The van der Waals surface area contributed by atoms with Gasteiger partial charge < -0.3 is 25.2 Å². The zero-order valence-electron chi connectivity index (χ0n) is 15.7. The number of nitrogens with two attached hydrogens (primary N) is 1. The van der Waals surface area contributed by atoms with Crippen LogP contribution < -0.4 is 15.2 Å². The molecule has 6 nitrogen and oxygen atoms in total. The summed E-state index contributed by atoms with van der Waals surface area (Å²) in [6, 6.07) is 0. The van der Waals surface area contributed by atoms with E-state index in [0.717, 1.165) is 32.5 Å². The predicted molar refractivity (Wildman–Crippen MR) is 106 cm³/mol. The van der Waals surface area contributed by atoms with Crippen LogP contribution in [-0.2, 0) is 0 Å². The number of rotatable bonds is 5. The number of hydrogen-bond donors (Lipinski definition) is 2. The predicted octanol–water partition coefficient (Wildman–Crippen LogP) is 4.32. The van der Waals surface area contributed by atoms with E-state index < -0.39 is 11.6 Å². The molecule has 0 aromatic heterocycles. The van der Waals surface area contributed by atoms with Gasteiger partial charge in [0.05, 0.1) is 15.7 Å². The quantitative estimate of drug-likeness (QED) is 0.695. The second-order valence-electron chi connectivity index (χ2n) is 7.55. The van der Waals surface area contributed by atoms with Crippen molar-refractivity contribution in [2.45, 2.75) is 45.1 Å². The molecule has 150 valence electrons. The highest BCUT2D eigenvalue weighted by Gasteiger charge is 2.44. The van der Waals surface area contributed by atoms with E-state index in [-0.39, 0.29) is 45.3 Å². The third kappa shape index (κ3) is 3.80. The monoisotopic (exact) mass is 416 g/mol. The summed E-state index contributed by atoms with van der Waals surface area (Å²) < 4.78 is 12.1. The van der Waals surface area contributed by atoms with Crippen molar-refractivity contribution in [2.75, 3.05) is 32.0 Å². The number of fused-ring (bicyclic) bond motifs is 1. The topological polar surface area (TPSA) is 85.0 Å². The number of hydrogen-bond acceptors (Lipinski definition) is 5. The van der Waals surface area contributed by atoms with Crippen molar-refractivity contribution in [3.63, 3.8) is 0 Å². The molecule has 0 aliphatic carbocycles. The second-order valence-corrected chi connectivity index (χ2v) is 8.31. The second kappa shape index (κ2) is 7.94. The van der Waals surface area contributed by atoms with Crippen LogP contribution in [0.3, 0.4) is 0 Å². The summed E-state index contributed by atoms with van der Waals surface area (Å²) >= 11 is 12.2. The van der Waals surface area contributed by atoms with Crippen LogP contribution in [0.4, 0.5) is 5.69 Å². The van der Waals surface area contributed by atoms with Gasteiger partial charge in [0.15, 0.2) is 11.5 Å². The number of piperidine rings is 1. The van der Waals surface area contributed by atoms with E-state index in [1.807, 2.05) is 6.92 Å². The molecule has 1 aromatic carbocycles. The van der Waals surface area contributed by atoms with Crippen LogP contribution in [-0.4, -0.2) is 47.8 Å². The highest BCUT2D eigenvalue weighted by atomic mass is 35.5. The van der Waals surface area contributed by atoms with Crippen LogP contribution in [0.5, 0.6) is 11.5 Å². The van der Waals surface area contributed by atoms with E-state index >= 15 is 0 Å². The average Bonchev–Trinajstić information content (AvgIpc) is 2.65. The number of anilines is 1. The summed E-state index contributed by atoms with van der Waals surface area (Å²) in [7, 11) is 0. The molecule has 2 heterocycles. The standard InChI is InChI=1S/C19H26Cl2N2O4/c1-3-4-7-23-8-5-11(6-9-23)19(2)10-26-16-12(18(24)25)13(20)14(21)15(22)17(16)27-19/h11H,3-10,22H2,1-2H3,(H,24,25). The number of unbranched alkanes of at least 4 members (excludes halogenated alkanes) is 1. The van der Waals surface area contributed by atoms with Crippen molar-refractivity contribution in [1.29, 1.82) is 0 Å². The van der Waals surface area contributed by atoms with Gasteiger partial charge in [0.2, 0.25) is 0 Å². The fourth-order valence-electron chi connectivity index (χ4n) is 3.92. The molecule has 3 N–H and O–H groups in total. The Morgan fingerprint density at radius 3 is 2.56 bits per heavy atom. The van der Waals surface area contributed by atoms with Crippen molar-refractivity contribution in [3.8, 4) is 11.5 Å². The first-order valence-corrected chi connectivity index (χ1v) is 10.1. The van der Waals surface area contributed by atoms with E-state index in [2.05, 4.69) is 11.8 Å². The van der Waals surface area contributed by atoms with Gasteiger partial charge in [-0.1, -0.05) is 36.5 Å². The average molecular weight is 417 g/mol. The van der Waals surface area contributed by atoms with E-state index in [1.165, 1.54) is 12.8 Å². The molecule has 3 rings (SSSR count). The molecule has 0 amide bonds. The maximum absolute atomic E-state index is 11.6. The minimum atomic E-state index is -1.23. The van der Waals surface area contributed by atoms with Crippen LogP contribution in [0.15, 0.2) is 0 Å². The molecule has 1 saturated heterocycles. The van der Waals surface area contributed by atoms with Gasteiger partial charge in [-0.2, -0.15) is 0 Å². The van der Waals surface area contributed by atoms with Crippen LogP contribution >= 0.6 is 23.2 Å². The highest BCUT2D eigenvalue weighted by Crippen LogP contribution is 2.51. The first-order chi connectivity index (χ1) is 12.8. The van der Waals surface area contributed by atoms with Crippen LogP contribution in [0.1, 0.15) is 49.9 Å². The minimum absolute atomic E-state index is 0.0185. The molecule has 27 heavy (non-hydrogen) atoms. The molecule has 2 aliphatic rings. The smallest absolute Gasteiger partial charge is 0.341 e. The lowest BCUT2D eigenvalue weighted by atomic mass is 9.81. The van der Waals surface area contributed by atoms with E-state index in [1.54, 1.807) is 0 Å². The normalized spacial score (nSPS) is 23.4. The number of benzene rings is 1. The third-order valence-corrected chi connectivity index (χ3v) is 6.53. The Bertz CT molecular complexity index is 735. The number of likely N-dealkylation sites (tertiary alicyclic amines) is 1. The molecule has 1 unspecified atom stereocenters. The molecule has 0 radical (unpaired) electrons. The Balaban J connectivity index is 1.83. The maximum atomic E-state index is 11.6. The molecule has 1 atom stereocenters. The van der Waals surface area contributed by atoms with Gasteiger partial charge in [-0.3, -0.25) is 0 Å². The number of aromatic carboxylic acids is 1. The van der Waals surface area contributed by atoms with Crippen LogP contribution in [0.2, 0.25) is 10.0 Å². The zero-order valence-corrected chi connectivity index (χ0v) is 17.2. The Morgan fingerprint density at radius 1 is 1.30 bits per heavy atom. The van der Waals surface area contributed by atoms with Gasteiger partial charge in [0.1, 0.15) is 17.8 Å². The number of halogens is 2. The zero-order chi connectivity index (χ0) is 19.8. The first-order valence-electron chi connectivity index (χ1n) is 9.36. The lowest BCUT2D eigenvalue weighted by molar-refractivity contribution is -0.0575. The van der Waals surface area contributed by atoms with E-state index in [0.29, 0.717) is 0 Å². The Morgan fingerprint density at radius 2 is 1.96 bits per heavy atom. The van der Waals surface area contributed by atoms with E-state index in [9.17, 15) is 9.90 Å². The van der Waals surface area contributed by atoms with Crippen LogP contribution in [0, 0.1) is 5.92 Å². The van der Waals surface area contributed by atoms with Gasteiger partial charge in [-0.25, -0.2) is 4.79 Å². The van der Waals surface area contributed by atoms with Gasteiger partial charge in [0, 0.05) is 5.92 Å². The molecule has 2 aliphatic heterocycles. The van der Waals surface area contributed by atoms with Gasteiger partial charge >= 0.3 is 5.97 Å². The fraction of sp³-hybridized carbons (Fsp3) is 0.632. The Labute approximate surface area is 169 Å².